The molecule has 0 radical (unpaired) electrons. The molecule has 2 aromatic rings. The summed E-state index contributed by atoms with van der Waals surface area (Å²) in [7, 11) is 2.25. The Morgan fingerprint density at radius 3 is 2.75 bits per heavy atom. The number of H-pyrrole nitrogens is 1. The number of nitrogens with one attached hydrogen (secondary N) is 3. The second kappa shape index (κ2) is 7.22. The molecule has 7 heteroatoms. The highest BCUT2D eigenvalue weighted by molar-refractivity contribution is 5.26. The van der Waals surface area contributed by atoms with E-state index < -0.39 is 0 Å². The molecule has 1 aromatic heterocycles. The molecule has 2 fully saturated rings. The summed E-state index contributed by atoms with van der Waals surface area (Å²) in [5, 5.41) is 0. The van der Waals surface area contributed by atoms with Gasteiger partial charge in [0.25, 0.3) is 0 Å². The molecule has 6 nitrogen and oxygen atoms in total. The Morgan fingerprint density at radius 1 is 1.18 bits per heavy atom. The first-order valence-corrected chi connectivity index (χ1v) is 10.4. The van der Waals surface area contributed by atoms with E-state index in [1.54, 1.807) is 12.1 Å². The number of hydrogen-bond acceptors (Lipinski definition) is 5. The van der Waals surface area contributed by atoms with Gasteiger partial charge in [0.15, 0.2) is 0 Å². The number of hydrogen-bond donors (Lipinski definition) is 3. The minimum absolute atomic E-state index is 0.0899. The summed E-state index contributed by atoms with van der Waals surface area (Å²) in [5.74, 6) is 0.298. The van der Waals surface area contributed by atoms with Crippen LogP contribution >= 0.6 is 0 Å². The number of halogens is 1. The number of rotatable bonds is 3. The zero-order valence-electron chi connectivity index (χ0n) is 16.4. The molecule has 0 aliphatic carbocycles. The van der Waals surface area contributed by atoms with Gasteiger partial charge >= 0.3 is 0 Å². The largest absolute Gasteiger partial charge is 0.348 e. The van der Waals surface area contributed by atoms with Gasteiger partial charge in [0, 0.05) is 50.8 Å². The fraction of sp³-hybridized carbons (Fsp3) is 0.571. The summed E-state index contributed by atoms with van der Waals surface area (Å²) in [6.45, 7) is 5.26. The number of benzene rings is 1. The van der Waals surface area contributed by atoms with Crippen LogP contribution in [0.15, 0.2) is 30.6 Å². The lowest BCUT2D eigenvalue weighted by atomic mass is 9.79. The fourth-order valence-electron chi connectivity index (χ4n) is 5.37. The molecular formula is C21H29FN6. The van der Waals surface area contributed by atoms with Gasteiger partial charge in [-0.05, 0) is 37.6 Å². The van der Waals surface area contributed by atoms with Gasteiger partial charge in [-0.2, -0.15) is 0 Å². The monoisotopic (exact) mass is 384 g/mol. The van der Waals surface area contributed by atoms with E-state index in [9.17, 15) is 4.39 Å². The predicted molar refractivity (Wildman–Crippen MR) is 106 cm³/mol. The van der Waals surface area contributed by atoms with Crippen molar-refractivity contribution in [3.63, 3.8) is 0 Å². The van der Waals surface area contributed by atoms with Gasteiger partial charge < -0.3 is 9.88 Å². The van der Waals surface area contributed by atoms with Gasteiger partial charge in [0.2, 0.25) is 0 Å². The number of fused-ring (bicyclic) bond motifs is 2. The Balaban J connectivity index is 1.26. The van der Waals surface area contributed by atoms with E-state index in [1.807, 2.05) is 18.5 Å². The van der Waals surface area contributed by atoms with E-state index in [0.717, 1.165) is 57.5 Å². The molecule has 0 saturated carbocycles. The van der Waals surface area contributed by atoms with Crippen LogP contribution in [0, 0.1) is 11.7 Å². The van der Waals surface area contributed by atoms with Crippen molar-refractivity contribution in [1.29, 1.82) is 0 Å². The van der Waals surface area contributed by atoms with Crippen LogP contribution in [0.1, 0.15) is 35.8 Å². The van der Waals surface area contributed by atoms with Gasteiger partial charge in [-0.15, -0.1) is 0 Å². The van der Waals surface area contributed by atoms with Crippen molar-refractivity contribution in [2.24, 2.45) is 5.92 Å². The molecule has 3 N–H and O–H groups in total. The Labute approximate surface area is 165 Å². The number of piperidine rings is 1. The Bertz CT molecular complexity index is 811. The maximum Gasteiger partial charge on any atom is 0.123 e. The van der Waals surface area contributed by atoms with Gasteiger partial charge in [-0.25, -0.2) is 14.8 Å². The number of hydrazine groups is 1. The molecule has 2 unspecified atom stereocenters. The Hall–Kier alpha value is -1.80. The number of nitrogens with zero attached hydrogens (tertiary/aromatic N) is 3. The molecule has 0 bridgehead atoms. The highest BCUT2D eigenvalue weighted by Crippen LogP contribution is 2.41. The summed E-state index contributed by atoms with van der Waals surface area (Å²) in [6, 6.07) is 7.13. The van der Waals surface area contributed by atoms with Crippen LogP contribution in [0.4, 0.5) is 4.39 Å². The zero-order valence-corrected chi connectivity index (χ0v) is 16.4. The maximum atomic E-state index is 13.3. The predicted octanol–water partition coefficient (Wildman–Crippen LogP) is 1.79. The van der Waals surface area contributed by atoms with E-state index in [-0.39, 0.29) is 17.4 Å². The third-order valence-electron chi connectivity index (χ3n) is 7.09. The number of likely N-dealkylation sites (N-methyl/N-ethyl adjacent to an activating group) is 1. The van der Waals surface area contributed by atoms with Crippen molar-refractivity contribution >= 4 is 0 Å². The average Bonchev–Trinajstić information content (AvgIpc) is 3.37. The molecule has 5 rings (SSSR count). The number of aromatic amines is 1. The summed E-state index contributed by atoms with van der Waals surface area (Å²) in [6.07, 6.45) is 5.17. The van der Waals surface area contributed by atoms with Gasteiger partial charge in [-0.1, -0.05) is 12.1 Å². The second-order valence-electron chi connectivity index (χ2n) is 8.55. The molecule has 1 aromatic carbocycles. The average molecular weight is 385 g/mol. The molecule has 4 heterocycles. The highest BCUT2D eigenvalue weighted by Gasteiger charge is 2.45. The standard InChI is InChI=1S/C21H29FN6/c1-27-9-6-18-20(24-14-23-18)21(27)7-10-28(11-8-21)13-16-12-25-26-19(16)15-2-4-17(22)5-3-15/h2-5,14,16,19,25-26H,6-13H2,1H3,(H,23,24). The van der Waals surface area contributed by atoms with E-state index in [2.05, 4.69) is 32.7 Å². The molecule has 150 valence electrons. The summed E-state index contributed by atoms with van der Waals surface area (Å²) in [5.41, 5.74) is 10.5. The van der Waals surface area contributed by atoms with Crippen molar-refractivity contribution in [3.05, 3.63) is 53.4 Å². The van der Waals surface area contributed by atoms with Crippen molar-refractivity contribution < 1.29 is 4.39 Å². The van der Waals surface area contributed by atoms with Gasteiger partial charge in [-0.3, -0.25) is 10.3 Å². The van der Waals surface area contributed by atoms with Crippen LogP contribution in [-0.4, -0.2) is 59.5 Å². The van der Waals surface area contributed by atoms with Crippen LogP contribution in [0.2, 0.25) is 0 Å². The number of imidazole rings is 1. The van der Waals surface area contributed by atoms with Crippen molar-refractivity contribution in [3.8, 4) is 0 Å². The first-order chi connectivity index (χ1) is 13.7. The molecule has 2 saturated heterocycles. The maximum absolute atomic E-state index is 13.3. The van der Waals surface area contributed by atoms with Crippen LogP contribution in [-0.2, 0) is 12.0 Å². The summed E-state index contributed by atoms with van der Waals surface area (Å²) < 4.78 is 13.3. The Kier molecular flexibility index (Phi) is 4.71. The van der Waals surface area contributed by atoms with Crippen molar-refractivity contribution in [2.45, 2.75) is 30.8 Å². The van der Waals surface area contributed by atoms with E-state index in [4.69, 9.17) is 4.98 Å². The first-order valence-electron chi connectivity index (χ1n) is 10.4. The highest BCUT2D eigenvalue weighted by atomic mass is 19.1. The second-order valence-corrected chi connectivity index (χ2v) is 8.55. The van der Waals surface area contributed by atoms with Crippen LogP contribution in [0.25, 0.3) is 0 Å². The third-order valence-corrected chi connectivity index (χ3v) is 7.09. The minimum atomic E-state index is -0.179. The van der Waals surface area contributed by atoms with Crippen molar-refractivity contribution in [1.82, 2.24) is 30.6 Å². The van der Waals surface area contributed by atoms with Crippen LogP contribution in [0.5, 0.6) is 0 Å². The molecule has 0 amide bonds. The lowest BCUT2D eigenvalue weighted by Crippen LogP contribution is -2.55. The smallest absolute Gasteiger partial charge is 0.123 e. The zero-order chi connectivity index (χ0) is 19.1. The normalized spacial score (nSPS) is 27.9. The third kappa shape index (κ3) is 3.06. The summed E-state index contributed by atoms with van der Waals surface area (Å²) >= 11 is 0. The first kappa shape index (κ1) is 18.2. The lowest BCUT2D eigenvalue weighted by molar-refractivity contribution is 0.0199. The molecule has 28 heavy (non-hydrogen) atoms. The molecule has 3 aliphatic heterocycles. The molecule has 3 aliphatic rings. The SMILES string of the molecule is CN1CCc2[nH]cnc2C12CCN(CC1CNNC1c1ccc(F)cc1)CC2. The Morgan fingerprint density at radius 2 is 1.96 bits per heavy atom. The quantitative estimate of drug-likeness (QED) is 0.753. The van der Waals surface area contributed by atoms with E-state index >= 15 is 0 Å². The molecule has 1 spiro atoms. The number of likely N-dealkylation sites (tertiary alicyclic amines) is 1. The number of aromatic nitrogens is 2. The van der Waals surface area contributed by atoms with Crippen LogP contribution in [0.3, 0.4) is 0 Å². The molecular weight excluding hydrogens is 355 g/mol. The van der Waals surface area contributed by atoms with Crippen molar-refractivity contribution in [2.75, 3.05) is 39.8 Å². The van der Waals surface area contributed by atoms with Gasteiger partial charge in [0.05, 0.1) is 23.6 Å². The lowest BCUT2D eigenvalue weighted by Gasteiger charge is -2.49. The molecule has 2 atom stereocenters. The fourth-order valence-corrected chi connectivity index (χ4v) is 5.37. The van der Waals surface area contributed by atoms with E-state index in [0.29, 0.717) is 5.92 Å². The van der Waals surface area contributed by atoms with E-state index in [1.165, 1.54) is 11.4 Å². The topological polar surface area (TPSA) is 59.2 Å². The minimum Gasteiger partial charge on any atom is -0.348 e. The summed E-state index contributed by atoms with van der Waals surface area (Å²) in [4.78, 5) is 13.2. The van der Waals surface area contributed by atoms with Gasteiger partial charge in [0.1, 0.15) is 5.82 Å². The van der Waals surface area contributed by atoms with Crippen LogP contribution < -0.4 is 10.9 Å².